The van der Waals surface area contributed by atoms with Crippen LogP contribution in [0.15, 0.2) is 84.0 Å². The van der Waals surface area contributed by atoms with Gasteiger partial charge in [0.1, 0.15) is 5.75 Å². The first-order valence-electron chi connectivity index (χ1n) is 10.4. The summed E-state index contributed by atoms with van der Waals surface area (Å²) in [5.41, 5.74) is 2.47. The summed E-state index contributed by atoms with van der Waals surface area (Å²) in [5, 5.41) is 17.9. The van der Waals surface area contributed by atoms with Gasteiger partial charge < -0.3 is 15.4 Å². The highest BCUT2D eigenvalue weighted by atomic mass is 32.2. The fourth-order valence-corrected chi connectivity index (χ4v) is 3.81. The van der Waals surface area contributed by atoms with Crippen LogP contribution in [-0.2, 0) is 11.3 Å². The predicted octanol–water partition coefficient (Wildman–Crippen LogP) is 3.71. The molecule has 0 saturated carbocycles. The number of hydrogen-bond acceptors (Lipinski definition) is 7. The van der Waals surface area contributed by atoms with Gasteiger partial charge in [0.25, 0.3) is 5.91 Å². The van der Waals surface area contributed by atoms with E-state index >= 15 is 0 Å². The first-order chi connectivity index (χ1) is 16.6. The number of carbonyl (C=O) groups is 2. The molecule has 4 aromatic rings. The van der Waals surface area contributed by atoms with Crippen LogP contribution in [0, 0.1) is 0 Å². The number of carbonyl (C=O) groups excluding carboxylic acids is 2. The Hall–Kier alpha value is -4.18. The third kappa shape index (κ3) is 5.99. The predicted molar refractivity (Wildman–Crippen MR) is 130 cm³/mol. The molecule has 2 N–H and O–H groups in total. The smallest absolute Gasteiger partial charge is 0.257 e. The van der Waals surface area contributed by atoms with Crippen molar-refractivity contribution in [2.75, 3.05) is 23.5 Å². The van der Waals surface area contributed by atoms with Crippen molar-refractivity contribution < 1.29 is 14.3 Å². The molecule has 4 rings (SSSR count). The molecule has 0 unspecified atom stereocenters. The van der Waals surface area contributed by atoms with E-state index in [0.29, 0.717) is 28.6 Å². The summed E-state index contributed by atoms with van der Waals surface area (Å²) in [5.74, 6) is 0.268. The van der Waals surface area contributed by atoms with Crippen molar-refractivity contribution in [1.29, 1.82) is 0 Å². The number of ether oxygens (including phenoxy) is 1. The van der Waals surface area contributed by atoms with Gasteiger partial charge in [0.05, 0.1) is 30.7 Å². The third-order valence-corrected chi connectivity index (χ3v) is 5.76. The second kappa shape index (κ2) is 11.1. The summed E-state index contributed by atoms with van der Waals surface area (Å²) >= 11 is 1.21. The minimum Gasteiger partial charge on any atom is -0.497 e. The largest absolute Gasteiger partial charge is 0.497 e. The highest BCUT2D eigenvalue weighted by Gasteiger charge is 2.15. The zero-order valence-corrected chi connectivity index (χ0v) is 19.2. The van der Waals surface area contributed by atoms with Crippen LogP contribution in [0.3, 0.4) is 0 Å². The van der Waals surface area contributed by atoms with E-state index in [1.165, 1.54) is 11.8 Å². The molecule has 0 bridgehead atoms. The number of methoxy groups -OCH3 is 1. The van der Waals surface area contributed by atoms with Crippen molar-refractivity contribution in [3.05, 3.63) is 90.0 Å². The van der Waals surface area contributed by atoms with Crippen LogP contribution < -0.4 is 15.4 Å². The molecule has 0 aliphatic rings. The van der Waals surface area contributed by atoms with Gasteiger partial charge in [-0.15, -0.1) is 5.10 Å². The van der Waals surface area contributed by atoms with Crippen molar-refractivity contribution >= 4 is 35.0 Å². The van der Waals surface area contributed by atoms with Crippen LogP contribution >= 0.6 is 11.8 Å². The lowest BCUT2D eigenvalue weighted by molar-refractivity contribution is -0.113. The Morgan fingerprint density at radius 3 is 2.44 bits per heavy atom. The van der Waals surface area contributed by atoms with Gasteiger partial charge in [0, 0.05) is 5.69 Å². The highest BCUT2D eigenvalue weighted by molar-refractivity contribution is 7.99. The molecule has 0 saturated heterocycles. The Morgan fingerprint density at radius 1 is 0.941 bits per heavy atom. The Labute approximate surface area is 200 Å². The average molecular weight is 475 g/mol. The number of rotatable bonds is 9. The van der Waals surface area contributed by atoms with Crippen LogP contribution in [0.1, 0.15) is 15.9 Å². The first kappa shape index (κ1) is 23.0. The number of nitrogens with zero attached hydrogens (tertiary/aromatic N) is 4. The number of aromatic nitrogens is 4. The molecule has 10 heteroatoms. The Morgan fingerprint density at radius 2 is 1.68 bits per heavy atom. The van der Waals surface area contributed by atoms with Crippen LogP contribution in [0.4, 0.5) is 11.4 Å². The normalized spacial score (nSPS) is 10.5. The Balaban J connectivity index is 1.36. The second-order valence-corrected chi connectivity index (χ2v) is 8.11. The van der Waals surface area contributed by atoms with E-state index in [-0.39, 0.29) is 17.6 Å². The topological polar surface area (TPSA) is 111 Å². The zero-order valence-electron chi connectivity index (χ0n) is 18.3. The van der Waals surface area contributed by atoms with Gasteiger partial charge in [-0.05, 0) is 52.4 Å². The van der Waals surface area contributed by atoms with E-state index in [1.54, 1.807) is 48.2 Å². The summed E-state index contributed by atoms with van der Waals surface area (Å²) in [6, 6.07) is 23.6. The molecule has 0 spiro atoms. The van der Waals surface area contributed by atoms with Crippen LogP contribution in [-0.4, -0.2) is 44.9 Å². The van der Waals surface area contributed by atoms with Crippen molar-refractivity contribution in [3.63, 3.8) is 0 Å². The molecular weight excluding hydrogens is 452 g/mol. The molecule has 0 aliphatic carbocycles. The number of benzene rings is 3. The maximum Gasteiger partial charge on any atom is 0.257 e. The molecular formula is C24H22N6O3S. The molecule has 1 aromatic heterocycles. The summed E-state index contributed by atoms with van der Waals surface area (Å²) in [4.78, 5) is 25.3. The summed E-state index contributed by atoms with van der Waals surface area (Å²) in [6.07, 6.45) is 0. The summed E-state index contributed by atoms with van der Waals surface area (Å²) < 4.78 is 6.80. The first-order valence-corrected chi connectivity index (χ1v) is 11.4. The number of para-hydroxylation sites is 2. The Bertz CT molecular complexity index is 1260. The SMILES string of the molecule is COc1ccc(Cn2nnnc2SCC(=O)Nc2ccccc2C(=O)Nc2ccccc2)cc1. The number of thioether (sulfide) groups is 1. The van der Waals surface area contributed by atoms with Crippen LogP contribution in [0.2, 0.25) is 0 Å². The molecule has 9 nitrogen and oxygen atoms in total. The number of anilines is 2. The molecule has 0 atom stereocenters. The summed E-state index contributed by atoms with van der Waals surface area (Å²) in [6.45, 7) is 0.462. The number of amides is 2. The van der Waals surface area contributed by atoms with Crippen molar-refractivity contribution in [1.82, 2.24) is 20.2 Å². The van der Waals surface area contributed by atoms with Gasteiger partial charge in [-0.2, -0.15) is 0 Å². The number of nitrogens with one attached hydrogen (secondary N) is 2. The van der Waals surface area contributed by atoms with Gasteiger partial charge >= 0.3 is 0 Å². The van der Waals surface area contributed by atoms with Crippen LogP contribution in [0.5, 0.6) is 5.75 Å². The van der Waals surface area contributed by atoms with E-state index in [2.05, 4.69) is 26.2 Å². The molecule has 0 radical (unpaired) electrons. The lowest BCUT2D eigenvalue weighted by atomic mass is 10.1. The van der Waals surface area contributed by atoms with Gasteiger partial charge in [0.2, 0.25) is 11.1 Å². The van der Waals surface area contributed by atoms with Gasteiger partial charge in [-0.25, -0.2) is 4.68 Å². The van der Waals surface area contributed by atoms with E-state index in [0.717, 1.165) is 11.3 Å². The molecule has 3 aromatic carbocycles. The lowest BCUT2D eigenvalue weighted by Gasteiger charge is -2.11. The molecule has 172 valence electrons. The molecule has 34 heavy (non-hydrogen) atoms. The molecule has 2 amide bonds. The van der Waals surface area contributed by atoms with Gasteiger partial charge in [-0.1, -0.05) is 54.2 Å². The number of hydrogen-bond donors (Lipinski definition) is 2. The van der Waals surface area contributed by atoms with E-state index in [9.17, 15) is 9.59 Å². The highest BCUT2D eigenvalue weighted by Crippen LogP contribution is 2.20. The fraction of sp³-hybridized carbons (Fsp3) is 0.125. The van der Waals surface area contributed by atoms with Gasteiger partial charge in [0.15, 0.2) is 0 Å². The molecule has 0 aliphatic heterocycles. The fourth-order valence-electron chi connectivity index (χ4n) is 3.13. The zero-order chi connectivity index (χ0) is 23.8. The van der Waals surface area contributed by atoms with E-state index in [1.807, 2.05) is 42.5 Å². The van der Waals surface area contributed by atoms with Crippen LogP contribution in [0.25, 0.3) is 0 Å². The minimum absolute atomic E-state index is 0.0810. The van der Waals surface area contributed by atoms with Gasteiger partial charge in [-0.3, -0.25) is 9.59 Å². The van der Waals surface area contributed by atoms with E-state index in [4.69, 9.17) is 4.74 Å². The third-order valence-electron chi connectivity index (χ3n) is 4.80. The summed E-state index contributed by atoms with van der Waals surface area (Å²) in [7, 11) is 1.62. The maximum absolute atomic E-state index is 12.7. The monoisotopic (exact) mass is 474 g/mol. The van der Waals surface area contributed by atoms with Crippen molar-refractivity contribution in [2.24, 2.45) is 0 Å². The quantitative estimate of drug-likeness (QED) is 0.356. The second-order valence-electron chi connectivity index (χ2n) is 7.17. The maximum atomic E-state index is 12.7. The van der Waals surface area contributed by atoms with Crippen molar-refractivity contribution in [2.45, 2.75) is 11.7 Å². The molecule has 1 heterocycles. The lowest BCUT2D eigenvalue weighted by Crippen LogP contribution is -2.19. The standard InChI is InChI=1S/C24H22N6O3S/c1-33-19-13-11-17(12-14-19)15-30-24(27-28-29-30)34-16-22(31)26-21-10-6-5-9-20(21)23(32)25-18-7-3-2-4-8-18/h2-14H,15-16H2,1H3,(H,25,32)(H,26,31). The van der Waals surface area contributed by atoms with Crippen molar-refractivity contribution in [3.8, 4) is 5.75 Å². The Kier molecular flexibility index (Phi) is 7.51. The average Bonchev–Trinajstić information content (AvgIpc) is 3.31. The number of tetrazole rings is 1. The van der Waals surface area contributed by atoms with E-state index < -0.39 is 0 Å². The molecule has 0 fully saturated rings. The minimum atomic E-state index is -0.307.